The van der Waals surface area contributed by atoms with Crippen LogP contribution in [0, 0.1) is 11.8 Å². The van der Waals surface area contributed by atoms with Gasteiger partial charge >= 0.3 is 0 Å². The van der Waals surface area contributed by atoms with Crippen molar-refractivity contribution in [3.63, 3.8) is 0 Å². The van der Waals surface area contributed by atoms with Crippen molar-refractivity contribution < 1.29 is 4.74 Å². The Hall–Kier alpha value is -0.0800. The Balaban J connectivity index is 1.86. The minimum Gasteiger partial charge on any atom is -0.369 e. The molecule has 2 unspecified atom stereocenters. The lowest BCUT2D eigenvalue weighted by Gasteiger charge is -2.28. The van der Waals surface area contributed by atoms with Crippen LogP contribution >= 0.6 is 0 Å². The van der Waals surface area contributed by atoms with Crippen LogP contribution in [0.15, 0.2) is 0 Å². The SMILES string of the molecule is CNC(CCC1CC(C)(C)OC1(C)C)C1CC1. The molecule has 1 saturated carbocycles. The van der Waals surface area contributed by atoms with Crippen molar-refractivity contribution in [3.8, 4) is 0 Å². The maximum atomic E-state index is 6.17. The fourth-order valence-corrected chi connectivity index (χ4v) is 3.62. The second-order valence-electron chi connectivity index (χ2n) is 7.18. The van der Waals surface area contributed by atoms with Gasteiger partial charge in [-0.3, -0.25) is 0 Å². The van der Waals surface area contributed by atoms with E-state index >= 15 is 0 Å². The predicted octanol–water partition coefficient (Wildman–Crippen LogP) is 3.36. The van der Waals surface area contributed by atoms with E-state index in [9.17, 15) is 0 Å². The van der Waals surface area contributed by atoms with Crippen molar-refractivity contribution in [2.45, 2.75) is 77.0 Å². The predicted molar refractivity (Wildman–Crippen MR) is 72.2 cm³/mol. The van der Waals surface area contributed by atoms with Gasteiger partial charge in [-0.05, 0) is 78.7 Å². The standard InChI is InChI=1S/C15H29NO/c1-14(2)10-12(15(3,4)17-14)8-9-13(16-5)11-6-7-11/h11-13,16H,6-10H2,1-5H3. The summed E-state index contributed by atoms with van der Waals surface area (Å²) in [5.74, 6) is 1.67. The highest BCUT2D eigenvalue weighted by Gasteiger charge is 2.45. The largest absolute Gasteiger partial charge is 0.369 e. The van der Waals surface area contributed by atoms with E-state index in [1.807, 2.05) is 0 Å². The van der Waals surface area contributed by atoms with Gasteiger partial charge in [-0.1, -0.05) is 0 Å². The third kappa shape index (κ3) is 3.23. The molecule has 0 aromatic carbocycles. The fourth-order valence-electron chi connectivity index (χ4n) is 3.62. The van der Waals surface area contributed by atoms with E-state index in [4.69, 9.17) is 4.74 Å². The van der Waals surface area contributed by atoms with Crippen molar-refractivity contribution in [1.29, 1.82) is 0 Å². The van der Waals surface area contributed by atoms with E-state index in [-0.39, 0.29) is 11.2 Å². The zero-order valence-electron chi connectivity index (χ0n) is 12.2. The van der Waals surface area contributed by atoms with Crippen LogP contribution in [-0.2, 0) is 4.74 Å². The summed E-state index contributed by atoms with van der Waals surface area (Å²) < 4.78 is 6.17. The molecule has 2 fully saturated rings. The molecule has 2 rings (SSSR count). The lowest BCUT2D eigenvalue weighted by atomic mass is 9.82. The zero-order valence-corrected chi connectivity index (χ0v) is 12.2. The van der Waals surface area contributed by atoms with E-state index in [2.05, 4.69) is 40.1 Å². The van der Waals surface area contributed by atoms with Gasteiger partial charge in [0.25, 0.3) is 0 Å². The van der Waals surface area contributed by atoms with Crippen molar-refractivity contribution >= 4 is 0 Å². The van der Waals surface area contributed by atoms with Crippen molar-refractivity contribution in [2.75, 3.05) is 7.05 Å². The molecule has 1 aliphatic carbocycles. The van der Waals surface area contributed by atoms with E-state index in [1.54, 1.807) is 0 Å². The number of rotatable bonds is 5. The molecule has 1 N–H and O–H groups in total. The first-order valence-electron chi connectivity index (χ1n) is 7.21. The van der Waals surface area contributed by atoms with Crippen LogP contribution in [0.3, 0.4) is 0 Å². The summed E-state index contributed by atoms with van der Waals surface area (Å²) in [7, 11) is 2.11. The van der Waals surface area contributed by atoms with E-state index < -0.39 is 0 Å². The monoisotopic (exact) mass is 239 g/mol. The van der Waals surface area contributed by atoms with E-state index in [0.717, 1.165) is 12.0 Å². The Bertz CT molecular complexity index is 268. The Labute approximate surface area is 107 Å². The third-order valence-electron chi connectivity index (χ3n) is 4.65. The molecule has 100 valence electrons. The average molecular weight is 239 g/mol. The zero-order chi connectivity index (χ0) is 12.7. The van der Waals surface area contributed by atoms with Gasteiger partial charge in [-0.15, -0.1) is 0 Å². The second-order valence-corrected chi connectivity index (χ2v) is 7.18. The van der Waals surface area contributed by atoms with Crippen LogP contribution in [0.25, 0.3) is 0 Å². The molecule has 1 aliphatic heterocycles. The van der Waals surface area contributed by atoms with Crippen LogP contribution in [-0.4, -0.2) is 24.3 Å². The molecule has 2 nitrogen and oxygen atoms in total. The minimum absolute atomic E-state index is 0.0609. The summed E-state index contributed by atoms with van der Waals surface area (Å²) in [6.07, 6.45) is 6.69. The summed E-state index contributed by atoms with van der Waals surface area (Å²) in [6, 6.07) is 0.745. The van der Waals surface area contributed by atoms with Gasteiger partial charge in [0, 0.05) is 6.04 Å². The number of ether oxygens (including phenoxy) is 1. The normalized spacial score (nSPS) is 32.6. The molecule has 0 aromatic rings. The van der Waals surface area contributed by atoms with Gasteiger partial charge < -0.3 is 10.1 Å². The Morgan fingerprint density at radius 1 is 1.24 bits per heavy atom. The van der Waals surface area contributed by atoms with E-state index in [0.29, 0.717) is 5.92 Å². The van der Waals surface area contributed by atoms with Crippen molar-refractivity contribution in [3.05, 3.63) is 0 Å². The number of hydrogen-bond donors (Lipinski definition) is 1. The Morgan fingerprint density at radius 2 is 1.88 bits per heavy atom. The highest BCUT2D eigenvalue weighted by molar-refractivity contribution is 4.95. The molecule has 0 radical (unpaired) electrons. The van der Waals surface area contributed by atoms with Crippen LogP contribution in [0.5, 0.6) is 0 Å². The molecule has 2 aliphatic rings. The topological polar surface area (TPSA) is 21.3 Å². The Morgan fingerprint density at radius 3 is 2.29 bits per heavy atom. The fraction of sp³-hybridized carbons (Fsp3) is 1.00. The molecular formula is C15H29NO. The third-order valence-corrected chi connectivity index (χ3v) is 4.65. The molecule has 1 heterocycles. The van der Waals surface area contributed by atoms with Gasteiger partial charge in [0.05, 0.1) is 11.2 Å². The maximum absolute atomic E-state index is 6.17. The van der Waals surface area contributed by atoms with Gasteiger partial charge in [0.2, 0.25) is 0 Å². The average Bonchev–Trinajstić information content (AvgIpc) is 2.95. The lowest BCUT2D eigenvalue weighted by Crippen LogP contribution is -2.32. The summed E-state index contributed by atoms with van der Waals surface area (Å²) in [6.45, 7) is 8.98. The van der Waals surface area contributed by atoms with Crippen LogP contribution < -0.4 is 5.32 Å². The highest BCUT2D eigenvalue weighted by atomic mass is 16.5. The molecule has 0 amide bonds. The first-order valence-corrected chi connectivity index (χ1v) is 7.21. The molecular weight excluding hydrogens is 210 g/mol. The summed E-state index contributed by atoms with van der Waals surface area (Å²) in [5.41, 5.74) is 0.133. The maximum Gasteiger partial charge on any atom is 0.0662 e. The van der Waals surface area contributed by atoms with Crippen molar-refractivity contribution in [1.82, 2.24) is 5.32 Å². The van der Waals surface area contributed by atoms with Crippen LogP contribution in [0.2, 0.25) is 0 Å². The van der Waals surface area contributed by atoms with Crippen molar-refractivity contribution in [2.24, 2.45) is 11.8 Å². The lowest BCUT2D eigenvalue weighted by molar-refractivity contribution is -0.0754. The minimum atomic E-state index is 0.0609. The summed E-state index contributed by atoms with van der Waals surface area (Å²) >= 11 is 0. The quantitative estimate of drug-likeness (QED) is 0.794. The van der Waals surface area contributed by atoms with Crippen LogP contribution in [0.4, 0.5) is 0 Å². The first kappa shape index (κ1) is 13.4. The van der Waals surface area contributed by atoms with Gasteiger partial charge in [0.15, 0.2) is 0 Å². The van der Waals surface area contributed by atoms with E-state index in [1.165, 1.54) is 32.1 Å². The smallest absolute Gasteiger partial charge is 0.0662 e. The molecule has 0 spiro atoms. The van der Waals surface area contributed by atoms with Gasteiger partial charge in [-0.25, -0.2) is 0 Å². The highest BCUT2D eigenvalue weighted by Crippen LogP contribution is 2.45. The number of hydrogen-bond acceptors (Lipinski definition) is 2. The van der Waals surface area contributed by atoms with Gasteiger partial charge in [-0.2, -0.15) is 0 Å². The summed E-state index contributed by atoms with van der Waals surface area (Å²) in [5, 5.41) is 3.50. The molecule has 0 aromatic heterocycles. The summed E-state index contributed by atoms with van der Waals surface area (Å²) in [4.78, 5) is 0. The second kappa shape index (κ2) is 4.55. The first-order chi connectivity index (χ1) is 7.84. The molecule has 0 bridgehead atoms. The molecule has 17 heavy (non-hydrogen) atoms. The molecule has 2 heteroatoms. The number of nitrogens with one attached hydrogen (secondary N) is 1. The Kier molecular flexibility index (Phi) is 3.57. The van der Waals surface area contributed by atoms with Crippen LogP contribution in [0.1, 0.15) is 59.8 Å². The molecule has 2 atom stereocenters. The molecule has 1 saturated heterocycles. The van der Waals surface area contributed by atoms with Gasteiger partial charge in [0.1, 0.15) is 0 Å².